The van der Waals surface area contributed by atoms with E-state index < -0.39 is 0 Å². The summed E-state index contributed by atoms with van der Waals surface area (Å²) in [5.41, 5.74) is 2.52. The highest BCUT2D eigenvalue weighted by atomic mass is 35.5. The standard InChI is InChI=1S/C19H15ClN2O/c20-17-8-4-7-16(13-17)19(23)21-18-9-11-22(12-10-18)14-15-5-2-1-3-6-15/h1-13H,14H2/p+1. The molecule has 3 aromatic rings. The van der Waals surface area contributed by atoms with Gasteiger partial charge in [0.05, 0.1) is 5.69 Å². The Labute approximate surface area is 140 Å². The number of aromatic nitrogens is 1. The molecule has 0 fully saturated rings. The van der Waals surface area contributed by atoms with Crippen molar-refractivity contribution in [3.05, 3.63) is 95.3 Å². The number of nitrogens with zero attached hydrogens (tertiary/aromatic N) is 1. The first kappa shape index (κ1) is 15.3. The van der Waals surface area contributed by atoms with E-state index >= 15 is 0 Å². The molecule has 1 aromatic heterocycles. The summed E-state index contributed by atoms with van der Waals surface area (Å²) in [7, 11) is 0. The molecule has 2 aromatic carbocycles. The molecule has 0 aliphatic heterocycles. The highest BCUT2D eigenvalue weighted by Gasteiger charge is 2.08. The van der Waals surface area contributed by atoms with Gasteiger partial charge in [0.2, 0.25) is 0 Å². The lowest BCUT2D eigenvalue weighted by Crippen LogP contribution is -2.33. The Bertz CT molecular complexity index is 801. The third-order valence-corrected chi connectivity index (χ3v) is 3.68. The fourth-order valence-corrected chi connectivity index (χ4v) is 2.46. The molecule has 1 amide bonds. The molecule has 4 heteroatoms. The molecule has 0 saturated heterocycles. The zero-order valence-corrected chi connectivity index (χ0v) is 13.2. The smallest absolute Gasteiger partial charge is 0.255 e. The maximum absolute atomic E-state index is 12.2. The fraction of sp³-hybridized carbons (Fsp3) is 0.0526. The third-order valence-electron chi connectivity index (χ3n) is 3.44. The first-order chi connectivity index (χ1) is 11.2. The van der Waals surface area contributed by atoms with Gasteiger partial charge in [0, 0.05) is 28.3 Å². The zero-order chi connectivity index (χ0) is 16.1. The van der Waals surface area contributed by atoms with E-state index in [1.807, 2.05) is 42.7 Å². The Morgan fingerprint density at radius 2 is 1.70 bits per heavy atom. The lowest BCUT2D eigenvalue weighted by molar-refractivity contribution is -0.688. The monoisotopic (exact) mass is 323 g/mol. The number of hydrogen-bond acceptors (Lipinski definition) is 1. The van der Waals surface area contributed by atoms with E-state index in [1.165, 1.54) is 5.56 Å². The minimum Gasteiger partial charge on any atom is -0.322 e. The molecule has 0 aliphatic rings. The van der Waals surface area contributed by atoms with Crippen molar-refractivity contribution in [2.24, 2.45) is 0 Å². The first-order valence-corrected chi connectivity index (χ1v) is 7.68. The number of benzene rings is 2. The van der Waals surface area contributed by atoms with Crippen LogP contribution in [0, 0.1) is 0 Å². The normalized spacial score (nSPS) is 10.3. The summed E-state index contributed by atoms with van der Waals surface area (Å²) in [5, 5.41) is 3.41. The molecule has 0 spiro atoms. The van der Waals surface area contributed by atoms with Gasteiger partial charge >= 0.3 is 0 Å². The maximum Gasteiger partial charge on any atom is 0.255 e. The average molecular weight is 324 g/mol. The van der Waals surface area contributed by atoms with Crippen molar-refractivity contribution >= 4 is 23.2 Å². The van der Waals surface area contributed by atoms with Crippen molar-refractivity contribution in [3.8, 4) is 0 Å². The van der Waals surface area contributed by atoms with Gasteiger partial charge in [-0.15, -0.1) is 0 Å². The third kappa shape index (κ3) is 4.18. The second-order valence-corrected chi connectivity index (χ2v) is 5.65. The number of amides is 1. The average Bonchev–Trinajstić information content (AvgIpc) is 2.57. The molecule has 1 N–H and O–H groups in total. The van der Waals surface area contributed by atoms with E-state index in [2.05, 4.69) is 22.0 Å². The summed E-state index contributed by atoms with van der Waals surface area (Å²) in [6, 6.07) is 20.9. The van der Waals surface area contributed by atoms with Crippen molar-refractivity contribution in [1.82, 2.24) is 0 Å². The molecule has 3 rings (SSSR count). The molecule has 0 aliphatic carbocycles. The van der Waals surface area contributed by atoms with E-state index in [-0.39, 0.29) is 5.91 Å². The molecule has 1 heterocycles. The van der Waals surface area contributed by atoms with Gasteiger partial charge in [-0.1, -0.05) is 48.0 Å². The molecular formula is C19H16ClN2O+. The SMILES string of the molecule is O=C(Nc1cc[n+](Cc2ccccc2)cc1)c1cccc(Cl)c1. The Balaban J connectivity index is 1.67. The van der Waals surface area contributed by atoms with Gasteiger partial charge in [0.1, 0.15) is 0 Å². The number of pyridine rings is 1. The van der Waals surface area contributed by atoms with E-state index in [0.29, 0.717) is 10.6 Å². The number of anilines is 1. The van der Waals surface area contributed by atoms with Crippen LogP contribution in [0.25, 0.3) is 0 Å². The molecule has 0 unspecified atom stereocenters. The van der Waals surface area contributed by atoms with Gasteiger partial charge in [0.15, 0.2) is 18.9 Å². The Kier molecular flexibility index (Phi) is 4.69. The van der Waals surface area contributed by atoms with Crippen molar-refractivity contribution in [3.63, 3.8) is 0 Å². The topological polar surface area (TPSA) is 33.0 Å². The highest BCUT2D eigenvalue weighted by molar-refractivity contribution is 6.31. The molecule has 0 atom stereocenters. The molecule has 0 bridgehead atoms. The highest BCUT2D eigenvalue weighted by Crippen LogP contribution is 2.13. The van der Waals surface area contributed by atoms with E-state index in [9.17, 15) is 4.79 Å². The molecule has 114 valence electrons. The predicted molar refractivity (Wildman–Crippen MR) is 91.6 cm³/mol. The Morgan fingerprint density at radius 1 is 0.957 bits per heavy atom. The van der Waals surface area contributed by atoms with Crippen LogP contribution >= 0.6 is 11.6 Å². The first-order valence-electron chi connectivity index (χ1n) is 7.31. The van der Waals surface area contributed by atoms with Crippen LogP contribution in [0.2, 0.25) is 5.02 Å². The molecule has 0 radical (unpaired) electrons. The summed E-state index contributed by atoms with van der Waals surface area (Å²) < 4.78 is 2.06. The van der Waals surface area contributed by atoms with Crippen LogP contribution in [0.4, 0.5) is 5.69 Å². The van der Waals surface area contributed by atoms with Crippen LogP contribution in [0.5, 0.6) is 0 Å². The second-order valence-electron chi connectivity index (χ2n) is 5.21. The van der Waals surface area contributed by atoms with E-state index in [0.717, 1.165) is 12.2 Å². The van der Waals surface area contributed by atoms with Gasteiger partial charge in [-0.05, 0) is 18.2 Å². The van der Waals surface area contributed by atoms with Crippen LogP contribution in [0.3, 0.4) is 0 Å². The lowest BCUT2D eigenvalue weighted by Gasteiger charge is -2.05. The zero-order valence-electron chi connectivity index (χ0n) is 12.4. The molecule has 0 saturated carbocycles. The van der Waals surface area contributed by atoms with Crippen LogP contribution in [0.1, 0.15) is 15.9 Å². The minimum absolute atomic E-state index is 0.173. The van der Waals surface area contributed by atoms with E-state index in [4.69, 9.17) is 11.6 Å². The van der Waals surface area contributed by atoms with Crippen molar-refractivity contribution in [1.29, 1.82) is 0 Å². The summed E-state index contributed by atoms with van der Waals surface area (Å²) in [6.45, 7) is 0.795. The van der Waals surface area contributed by atoms with Gasteiger partial charge in [-0.2, -0.15) is 0 Å². The van der Waals surface area contributed by atoms with Gasteiger partial charge in [-0.25, -0.2) is 4.57 Å². The minimum atomic E-state index is -0.173. The maximum atomic E-state index is 12.2. The second kappa shape index (κ2) is 7.07. The number of carbonyl (C=O) groups is 1. The van der Waals surface area contributed by atoms with Crippen LogP contribution in [-0.4, -0.2) is 5.91 Å². The Morgan fingerprint density at radius 3 is 2.39 bits per heavy atom. The summed E-state index contributed by atoms with van der Waals surface area (Å²) >= 11 is 5.91. The molecule has 3 nitrogen and oxygen atoms in total. The van der Waals surface area contributed by atoms with Crippen molar-refractivity contribution in [2.45, 2.75) is 6.54 Å². The number of hydrogen-bond donors (Lipinski definition) is 1. The van der Waals surface area contributed by atoms with Crippen LogP contribution in [-0.2, 0) is 6.54 Å². The quantitative estimate of drug-likeness (QED) is 0.725. The molecular weight excluding hydrogens is 308 g/mol. The van der Waals surface area contributed by atoms with Crippen molar-refractivity contribution in [2.75, 3.05) is 5.32 Å². The number of nitrogens with one attached hydrogen (secondary N) is 1. The molecule has 23 heavy (non-hydrogen) atoms. The van der Waals surface area contributed by atoms with Crippen LogP contribution < -0.4 is 9.88 Å². The fourth-order valence-electron chi connectivity index (χ4n) is 2.27. The Hall–Kier alpha value is -2.65. The predicted octanol–water partition coefficient (Wildman–Crippen LogP) is 3.93. The van der Waals surface area contributed by atoms with Gasteiger partial charge in [0.25, 0.3) is 5.91 Å². The van der Waals surface area contributed by atoms with Crippen molar-refractivity contribution < 1.29 is 9.36 Å². The lowest BCUT2D eigenvalue weighted by atomic mass is 10.2. The summed E-state index contributed by atoms with van der Waals surface area (Å²) in [5.74, 6) is -0.173. The number of halogens is 1. The van der Waals surface area contributed by atoms with Crippen LogP contribution in [0.15, 0.2) is 79.1 Å². The van der Waals surface area contributed by atoms with Gasteiger partial charge in [-0.3, -0.25) is 4.79 Å². The largest absolute Gasteiger partial charge is 0.322 e. The summed E-state index contributed by atoms with van der Waals surface area (Å²) in [6.07, 6.45) is 3.89. The number of carbonyl (C=O) groups excluding carboxylic acids is 1. The number of rotatable bonds is 4. The van der Waals surface area contributed by atoms with Gasteiger partial charge < -0.3 is 5.32 Å². The summed E-state index contributed by atoms with van der Waals surface area (Å²) in [4.78, 5) is 12.2. The van der Waals surface area contributed by atoms with E-state index in [1.54, 1.807) is 24.3 Å².